The summed E-state index contributed by atoms with van der Waals surface area (Å²) < 4.78 is 10.8. The van der Waals surface area contributed by atoms with Crippen molar-refractivity contribution in [1.29, 1.82) is 0 Å². The minimum Gasteiger partial charge on any atom is -0.396 e. The highest BCUT2D eigenvalue weighted by molar-refractivity contribution is 4.84. The minimum absolute atomic E-state index is 0.149. The first kappa shape index (κ1) is 13.9. The monoisotopic (exact) mass is 231 g/mol. The molecular weight excluding hydrogens is 206 g/mol. The van der Waals surface area contributed by atoms with E-state index in [-0.39, 0.29) is 12.1 Å². The first-order valence-corrected chi connectivity index (χ1v) is 6.16. The van der Waals surface area contributed by atoms with E-state index in [9.17, 15) is 0 Å². The average Bonchev–Trinajstić information content (AvgIpc) is 2.29. The lowest BCUT2D eigenvalue weighted by Gasteiger charge is -2.32. The molecule has 96 valence electrons. The van der Waals surface area contributed by atoms with Gasteiger partial charge in [0.1, 0.15) is 0 Å². The standard InChI is InChI=1S/C12H25NO3/c1-12(6-7-14,10-15-2)13-9-11-5-3-4-8-16-11/h11,13-14H,3-10H2,1-2H3/t11-,12+/m1/s1. The van der Waals surface area contributed by atoms with Gasteiger partial charge in [0.2, 0.25) is 0 Å². The van der Waals surface area contributed by atoms with Gasteiger partial charge in [-0.2, -0.15) is 0 Å². The van der Waals surface area contributed by atoms with Gasteiger partial charge in [0.15, 0.2) is 0 Å². The van der Waals surface area contributed by atoms with E-state index in [1.165, 1.54) is 12.8 Å². The zero-order chi connectivity index (χ0) is 11.9. The normalized spacial score (nSPS) is 25.3. The fourth-order valence-electron chi connectivity index (χ4n) is 2.11. The second kappa shape index (κ2) is 7.22. The summed E-state index contributed by atoms with van der Waals surface area (Å²) in [4.78, 5) is 0. The molecule has 1 aliphatic rings. The Labute approximate surface area is 98.3 Å². The third-order valence-electron chi connectivity index (χ3n) is 3.16. The van der Waals surface area contributed by atoms with Gasteiger partial charge in [0.25, 0.3) is 0 Å². The lowest BCUT2D eigenvalue weighted by Crippen LogP contribution is -2.50. The molecule has 1 rings (SSSR count). The van der Waals surface area contributed by atoms with Crippen LogP contribution in [0, 0.1) is 0 Å². The zero-order valence-corrected chi connectivity index (χ0v) is 10.5. The van der Waals surface area contributed by atoms with Gasteiger partial charge in [-0.3, -0.25) is 0 Å². The van der Waals surface area contributed by atoms with Gasteiger partial charge in [0, 0.05) is 32.4 Å². The van der Waals surface area contributed by atoms with E-state index < -0.39 is 0 Å². The van der Waals surface area contributed by atoms with Crippen LogP contribution >= 0.6 is 0 Å². The molecule has 0 aromatic heterocycles. The van der Waals surface area contributed by atoms with E-state index in [1.807, 2.05) is 0 Å². The molecule has 0 radical (unpaired) electrons. The number of aliphatic hydroxyl groups is 1. The van der Waals surface area contributed by atoms with Crippen molar-refractivity contribution in [3.05, 3.63) is 0 Å². The van der Waals surface area contributed by atoms with Gasteiger partial charge >= 0.3 is 0 Å². The summed E-state index contributed by atoms with van der Waals surface area (Å²) in [7, 11) is 1.69. The van der Waals surface area contributed by atoms with E-state index >= 15 is 0 Å². The lowest BCUT2D eigenvalue weighted by atomic mass is 9.98. The van der Waals surface area contributed by atoms with Crippen LogP contribution in [0.4, 0.5) is 0 Å². The first-order valence-electron chi connectivity index (χ1n) is 6.16. The van der Waals surface area contributed by atoms with Gasteiger partial charge in [-0.05, 0) is 32.6 Å². The fraction of sp³-hybridized carbons (Fsp3) is 1.00. The number of nitrogens with one attached hydrogen (secondary N) is 1. The smallest absolute Gasteiger partial charge is 0.0699 e. The van der Waals surface area contributed by atoms with E-state index in [2.05, 4.69) is 12.2 Å². The van der Waals surface area contributed by atoms with Crippen LogP contribution in [0.25, 0.3) is 0 Å². The highest BCUT2D eigenvalue weighted by atomic mass is 16.5. The van der Waals surface area contributed by atoms with Gasteiger partial charge in [-0.25, -0.2) is 0 Å². The Morgan fingerprint density at radius 1 is 1.50 bits per heavy atom. The summed E-state index contributed by atoms with van der Waals surface area (Å²) in [5.74, 6) is 0. The highest BCUT2D eigenvalue weighted by Gasteiger charge is 2.25. The molecule has 4 heteroatoms. The average molecular weight is 231 g/mol. The lowest BCUT2D eigenvalue weighted by molar-refractivity contribution is 0.00602. The maximum atomic E-state index is 9.04. The molecule has 0 aromatic carbocycles. The summed E-state index contributed by atoms with van der Waals surface area (Å²) in [5, 5.41) is 12.5. The Balaban J connectivity index is 2.30. The van der Waals surface area contributed by atoms with Crippen molar-refractivity contribution in [1.82, 2.24) is 5.32 Å². The second-order valence-electron chi connectivity index (χ2n) is 4.84. The number of hydrogen-bond donors (Lipinski definition) is 2. The summed E-state index contributed by atoms with van der Waals surface area (Å²) >= 11 is 0. The van der Waals surface area contributed by atoms with E-state index in [0.717, 1.165) is 19.6 Å². The van der Waals surface area contributed by atoms with Crippen LogP contribution in [0.3, 0.4) is 0 Å². The zero-order valence-electron chi connectivity index (χ0n) is 10.5. The first-order chi connectivity index (χ1) is 7.70. The van der Waals surface area contributed by atoms with Crippen LogP contribution in [0.15, 0.2) is 0 Å². The molecule has 1 aliphatic heterocycles. The molecule has 0 saturated carbocycles. The molecule has 4 nitrogen and oxygen atoms in total. The molecule has 0 aliphatic carbocycles. The van der Waals surface area contributed by atoms with Crippen LogP contribution in [0.5, 0.6) is 0 Å². The van der Waals surface area contributed by atoms with Crippen LogP contribution in [0.1, 0.15) is 32.6 Å². The van der Waals surface area contributed by atoms with Crippen molar-refractivity contribution >= 4 is 0 Å². The molecule has 0 spiro atoms. The molecule has 2 N–H and O–H groups in total. The maximum Gasteiger partial charge on any atom is 0.0699 e. The molecule has 0 aromatic rings. The molecule has 1 saturated heterocycles. The van der Waals surface area contributed by atoms with Crippen LogP contribution in [0.2, 0.25) is 0 Å². The van der Waals surface area contributed by atoms with Crippen molar-refractivity contribution < 1.29 is 14.6 Å². The molecule has 2 atom stereocenters. The number of hydrogen-bond acceptors (Lipinski definition) is 4. The summed E-state index contributed by atoms with van der Waals surface area (Å²) in [6.45, 7) is 4.60. The third-order valence-corrected chi connectivity index (χ3v) is 3.16. The Morgan fingerprint density at radius 2 is 2.31 bits per heavy atom. The Hall–Kier alpha value is -0.160. The van der Waals surface area contributed by atoms with Crippen LogP contribution < -0.4 is 5.32 Å². The number of methoxy groups -OCH3 is 1. The van der Waals surface area contributed by atoms with Crippen molar-refractivity contribution in [2.24, 2.45) is 0 Å². The summed E-state index contributed by atoms with van der Waals surface area (Å²) in [6, 6.07) is 0. The largest absolute Gasteiger partial charge is 0.396 e. The number of aliphatic hydroxyl groups excluding tert-OH is 1. The summed E-state index contributed by atoms with van der Waals surface area (Å²) in [6.07, 6.45) is 4.60. The Morgan fingerprint density at radius 3 is 2.88 bits per heavy atom. The Kier molecular flexibility index (Phi) is 6.28. The quantitative estimate of drug-likeness (QED) is 0.684. The number of ether oxygens (including phenoxy) is 2. The summed E-state index contributed by atoms with van der Waals surface area (Å²) in [5.41, 5.74) is -0.149. The molecule has 16 heavy (non-hydrogen) atoms. The molecule has 1 heterocycles. The predicted molar refractivity (Wildman–Crippen MR) is 63.6 cm³/mol. The van der Waals surface area contributed by atoms with E-state index in [0.29, 0.717) is 19.1 Å². The third kappa shape index (κ3) is 4.78. The van der Waals surface area contributed by atoms with Gasteiger partial charge in [0.05, 0.1) is 12.7 Å². The maximum absolute atomic E-state index is 9.04. The van der Waals surface area contributed by atoms with Crippen molar-refractivity contribution in [3.63, 3.8) is 0 Å². The fourth-order valence-corrected chi connectivity index (χ4v) is 2.11. The predicted octanol–water partition coefficient (Wildman–Crippen LogP) is 0.933. The highest BCUT2D eigenvalue weighted by Crippen LogP contribution is 2.14. The van der Waals surface area contributed by atoms with E-state index in [4.69, 9.17) is 14.6 Å². The van der Waals surface area contributed by atoms with Crippen molar-refractivity contribution in [3.8, 4) is 0 Å². The van der Waals surface area contributed by atoms with Gasteiger partial charge in [-0.1, -0.05) is 0 Å². The molecule has 0 unspecified atom stereocenters. The van der Waals surface area contributed by atoms with Crippen molar-refractivity contribution in [2.45, 2.75) is 44.2 Å². The van der Waals surface area contributed by atoms with Crippen LogP contribution in [-0.2, 0) is 9.47 Å². The molecule has 1 fully saturated rings. The Bertz CT molecular complexity index is 175. The minimum atomic E-state index is -0.149. The van der Waals surface area contributed by atoms with Gasteiger partial charge < -0.3 is 19.9 Å². The van der Waals surface area contributed by atoms with E-state index in [1.54, 1.807) is 7.11 Å². The number of rotatable bonds is 7. The van der Waals surface area contributed by atoms with Crippen LogP contribution in [-0.4, -0.2) is 50.2 Å². The SMILES string of the molecule is COC[C@](C)(CCO)NC[C@H]1CCCCO1. The van der Waals surface area contributed by atoms with Crippen molar-refractivity contribution in [2.75, 3.05) is 33.5 Å². The molecular formula is C12H25NO3. The second-order valence-corrected chi connectivity index (χ2v) is 4.84. The van der Waals surface area contributed by atoms with Gasteiger partial charge in [-0.15, -0.1) is 0 Å². The molecule has 0 bridgehead atoms. The topological polar surface area (TPSA) is 50.7 Å². The molecule has 0 amide bonds.